The number of fused-ring (bicyclic) bond motifs is 1. The molecule has 2 fully saturated rings. The Labute approximate surface area is 155 Å². The Balaban J connectivity index is 1.38. The fourth-order valence-electron chi connectivity index (χ4n) is 4.28. The first-order chi connectivity index (χ1) is 12.7. The summed E-state index contributed by atoms with van der Waals surface area (Å²) < 4.78 is 0. The van der Waals surface area contributed by atoms with Crippen molar-refractivity contribution in [2.24, 2.45) is 0 Å². The smallest absolute Gasteiger partial charge is 0.253 e. The molecule has 0 spiro atoms. The van der Waals surface area contributed by atoms with E-state index in [1.807, 2.05) is 30.3 Å². The molecule has 0 saturated carbocycles. The van der Waals surface area contributed by atoms with E-state index in [4.69, 9.17) is 0 Å². The number of para-hydroxylation sites is 1. The third kappa shape index (κ3) is 3.89. The quantitative estimate of drug-likeness (QED) is 0.922. The lowest BCUT2D eigenvalue weighted by atomic mass is 9.98. The van der Waals surface area contributed by atoms with Gasteiger partial charge in [-0.05, 0) is 64.5 Å². The summed E-state index contributed by atoms with van der Waals surface area (Å²) in [4.78, 5) is 22.1. The maximum atomic E-state index is 12.7. The molecule has 5 nitrogen and oxygen atoms in total. The van der Waals surface area contributed by atoms with Gasteiger partial charge in [-0.25, -0.2) is 0 Å². The molecule has 2 aliphatic rings. The van der Waals surface area contributed by atoms with Crippen LogP contribution in [0.2, 0.25) is 0 Å². The molecule has 1 amide bonds. The van der Waals surface area contributed by atoms with Gasteiger partial charge in [0.2, 0.25) is 0 Å². The van der Waals surface area contributed by atoms with Crippen molar-refractivity contribution in [1.82, 2.24) is 20.1 Å². The average Bonchev–Trinajstić information content (AvgIpc) is 2.68. The molecule has 2 aliphatic heterocycles. The van der Waals surface area contributed by atoms with E-state index in [1.54, 1.807) is 6.20 Å². The Morgan fingerprint density at radius 3 is 2.81 bits per heavy atom. The second-order valence-electron chi connectivity index (χ2n) is 7.76. The summed E-state index contributed by atoms with van der Waals surface area (Å²) in [5.41, 5.74) is 1.58. The molecule has 138 valence electrons. The van der Waals surface area contributed by atoms with Crippen molar-refractivity contribution in [3.05, 3.63) is 42.1 Å². The largest absolute Gasteiger partial charge is 0.348 e. The number of nitrogens with zero attached hydrogens (tertiary/aromatic N) is 3. The number of nitrogens with one attached hydrogen (secondary N) is 1. The van der Waals surface area contributed by atoms with Crippen LogP contribution in [0.25, 0.3) is 10.9 Å². The minimum Gasteiger partial charge on any atom is -0.348 e. The monoisotopic (exact) mass is 352 g/mol. The third-order valence-corrected chi connectivity index (χ3v) is 5.85. The lowest BCUT2D eigenvalue weighted by molar-refractivity contribution is 0.0766. The molecule has 26 heavy (non-hydrogen) atoms. The van der Waals surface area contributed by atoms with Crippen molar-refractivity contribution < 1.29 is 4.79 Å². The normalized spacial score (nSPS) is 23.2. The Hall–Kier alpha value is -1.98. The zero-order valence-electron chi connectivity index (χ0n) is 15.5. The number of hydrogen-bond acceptors (Lipinski definition) is 4. The molecular weight excluding hydrogens is 324 g/mol. The molecule has 1 N–H and O–H groups in total. The number of benzene rings is 1. The van der Waals surface area contributed by atoms with E-state index in [0.29, 0.717) is 11.6 Å². The second kappa shape index (κ2) is 7.72. The number of hydrogen-bond donors (Lipinski definition) is 1. The average molecular weight is 352 g/mol. The first kappa shape index (κ1) is 17.4. The summed E-state index contributed by atoms with van der Waals surface area (Å²) >= 11 is 0. The summed E-state index contributed by atoms with van der Waals surface area (Å²) in [5, 5.41) is 4.26. The van der Waals surface area contributed by atoms with Gasteiger partial charge >= 0.3 is 0 Å². The van der Waals surface area contributed by atoms with Gasteiger partial charge in [0.05, 0.1) is 11.1 Å². The van der Waals surface area contributed by atoms with Crippen molar-refractivity contribution in [2.75, 3.05) is 33.2 Å². The maximum absolute atomic E-state index is 12.7. The first-order valence-corrected chi connectivity index (χ1v) is 9.77. The number of amides is 1. The summed E-state index contributed by atoms with van der Waals surface area (Å²) in [6, 6.07) is 10.8. The summed E-state index contributed by atoms with van der Waals surface area (Å²) in [7, 11) is 2.20. The van der Waals surface area contributed by atoms with Crippen molar-refractivity contribution in [3.8, 4) is 0 Å². The van der Waals surface area contributed by atoms with Crippen LogP contribution in [-0.2, 0) is 0 Å². The van der Waals surface area contributed by atoms with E-state index in [2.05, 4.69) is 27.1 Å². The molecular formula is C21H28N4O. The van der Waals surface area contributed by atoms with Gasteiger partial charge in [-0.1, -0.05) is 18.2 Å². The predicted octanol–water partition coefficient (Wildman–Crippen LogP) is 2.52. The molecule has 0 radical (unpaired) electrons. The van der Waals surface area contributed by atoms with E-state index in [0.717, 1.165) is 36.8 Å². The van der Waals surface area contributed by atoms with Gasteiger partial charge in [0.1, 0.15) is 0 Å². The molecule has 1 aromatic heterocycles. The number of likely N-dealkylation sites (tertiary alicyclic amines) is 2. The van der Waals surface area contributed by atoms with Gasteiger partial charge in [0, 0.05) is 30.2 Å². The maximum Gasteiger partial charge on any atom is 0.253 e. The number of piperidine rings is 2. The van der Waals surface area contributed by atoms with E-state index < -0.39 is 0 Å². The number of aromatic nitrogens is 1. The van der Waals surface area contributed by atoms with Gasteiger partial charge in [0.15, 0.2) is 0 Å². The van der Waals surface area contributed by atoms with Gasteiger partial charge in [-0.2, -0.15) is 0 Å². The minimum absolute atomic E-state index is 0.00141. The van der Waals surface area contributed by atoms with Crippen LogP contribution in [0.1, 0.15) is 36.0 Å². The van der Waals surface area contributed by atoms with Crippen molar-refractivity contribution >= 4 is 16.8 Å². The molecule has 1 aromatic carbocycles. The van der Waals surface area contributed by atoms with Crippen LogP contribution in [0.15, 0.2) is 36.5 Å². The molecule has 2 aromatic rings. The Kier molecular flexibility index (Phi) is 5.18. The lowest BCUT2D eigenvalue weighted by Crippen LogP contribution is -2.53. The van der Waals surface area contributed by atoms with Crippen molar-refractivity contribution in [2.45, 2.75) is 37.8 Å². The van der Waals surface area contributed by atoms with E-state index in [9.17, 15) is 4.79 Å². The number of rotatable bonds is 3. The van der Waals surface area contributed by atoms with Crippen LogP contribution < -0.4 is 5.32 Å². The molecule has 3 heterocycles. The SMILES string of the molecule is CN1CCC(N2CCC[C@@H](NC(=O)c3cnc4ccccc4c3)C2)CC1. The van der Waals surface area contributed by atoms with Gasteiger partial charge in [-0.15, -0.1) is 0 Å². The van der Waals surface area contributed by atoms with E-state index >= 15 is 0 Å². The number of pyridine rings is 1. The van der Waals surface area contributed by atoms with Crippen LogP contribution in [-0.4, -0.2) is 66.0 Å². The second-order valence-corrected chi connectivity index (χ2v) is 7.76. The zero-order chi connectivity index (χ0) is 17.9. The molecule has 0 bridgehead atoms. The summed E-state index contributed by atoms with van der Waals surface area (Å²) in [6.45, 7) is 4.50. The van der Waals surface area contributed by atoms with Crippen molar-refractivity contribution in [3.63, 3.8) is 0 Å². The zero-order valence-corrected chi connectivity index (χ0v) is 15.5. The first-order valence-electron chi connectivity index (χ1n) is 9.77. The van der Waals surface area contributed by atoms with Crippen LogP contribution in [0.3, 0.4) is 0 Å². The van der Waals surface area contributed by atoms with Crippen molar-refractivity contribution in [1.29, 1.82) is 0 Å². The van der Waals surface area contributed by atoms with Gasteiger partial charge in [0.25, 0.3) is 5.91 Å². The molecule has 0 aliphatic carbocycles. The number of carbonyl (C=O) groups is 1. The molecule has 0 unspecified atom stereocenters. The lowest BCUT2D eigenvalue weighted by Gasteiger charge is -2.41. The third-order valence-electron chi connectivity index (χ3n) is 5.85. The van der Waals surface area contributed by atoms with Crippen LogP contribution >= 0.6 is 0 Å². The Morgan fingerprint density at radius 2 is 1.96 bits per heavy atom. The van der Waals surface area contributed by atoms with E-state index in [-0.39, 0.29) is 11.9 Å². The fraction of sp³-hybridized carbons (Fsp3) is 0.524. The molecule has 4 rings (SSSR count). The van der Waals surface area contributed by atoms with Crippen LogP contribution in [0.5, 0.6) is 0 Å². The number of carbonyl (C=O) groups excluding carboxylic acids is 1. The van der Waals surface area contributed by atoms with Gasteiger partial charge < -0.3 is 10.2 Å². The Bertz CT molecular complexity index is 769. The topological polar surface area (TPSA) is 48.5 Å². The minimum atomic E-state index is -0.00141. The molecule has 1 atom stereocenters. The van der Waals surface area contributed by atoms with Crippen LogP contribution in [0, 0.1) is 0 Å². The fourth-order valence-corrected chi connectivity index (χ4v) is 4.28. The van der Waals surface area contributed by atoms with E-state index in [1.165, 1.54) is 25.9 Å². The highest BCUT2D eigenvalue weighted by Crippen LogP contribution is 2.21. The van der Waals surface area contributed by atoms with Crippen LogP contribution in [0.4, 0.5) is 0 Å². The molecule has 2 saturated heterocycles. The summed E-state index contributed by atoms with van der Waals surface area (Å²) in [6.07, 6.45) is 6.40. The highest BCUT2D eigenvalue weighted by Gasteiger charge is 2.28. The highest BCUT2D eigenvalue weighted by atomic mass is 16.1. The predicted molar refractivity (Wildman–Crippen MR) is 104 cm³/mol. The van der Waals surface area contributed by atoms with Gasteiger partial charge in [-0.3, -0.25) is 14.7 Å². The Morgan fingerprint density at radius 1 is 1.15 bits per heavy atom. The highest BCUT2D eigenvalue weighted by molar-refractivity contribution is 5.97. The summed E-state index contributed by atoms with van der Waals surface area (Å²) in [5.74, 6) is -0.00141. The molecule has 5 heteroatoms. The standard InChI is InChI=1S/C21H28N4O/c1-24-11-8-19(9-12-24)25-10-4-6-18(15-25)23-21(26)17-13-16-5-2-3-7-20(16)22-14-17/h2-3,5,7,13-14,18-19H,4,6,8-12,15H2,1H3,(H,23,26)/t18-/m1/s1.